The van der Waals surface area contributed by atoms with Gasteiger partial charge in [0.1, 0.15) is 6.04 Å². The van der Waals surface area contributed by atoms with Crippen LogP contribution in [-0.4, -0.2) is 51.7 Å². The van der Waals surface area contributed by atoms with Gasteiger partial charge in [-0.05, 0) is 6.42 Å². The number of carboxylic acids is 1. The number of nitrogens with two attached hydrogens (primary N) is 2. The van der Waals surface area contributed by atoms with Gasteiger partial charge in [-0.3, -0.25) is 9.59 Å². The molecule has 0 aromatic heterocycles. The van der Waals surface area contributed by atoms with Crippen molar-refractivity contribution in [3.63, 3.8) is 0 Å². The van der Waals surface area contributed by atoms with Crippen molar-refractivity contribution in [3.05, 3.63) is 0 Å². The van der Waals surface area contributed by atoms with E-state index in [9.17, 15) is 9.59 Å². The van der Waals surface area contributed by atoms with E-state index in [2.05, 4.69) is 12.6 Å². The third-order valence-electron chi connectivity index (χ3n) is 1.44. The fourth-order valence-electron chi connectivity index (χ4n) is 0.479. The molecule has 1 unspecified atom stereocenters. The smallest absolute Gasteiger partial charge is 0.320 e. The minimum atomic E-state index is -1.11. The summed E-state index contributed by atoms with van der Waals surface area (Å²) < 4.78 is 0. The highest BCUT2D eigenvalue weighted by atomic mass is 32.1. The molecule has 0 aliphatic rings. The third kappa shape index (κ3) is 13.2. The van der Waals surface area contributed by atoms with Crippen molar-refractivity contribution in [3.8, 4) is 0 Å². The summed E-state index contributed by atoms with van der Waals surface area (Å²) in [6.45, 7) is -0.191. The Bertz CT molecular complexity index is 211. The minimum Gasteiger partial charge on any atom is -0.480 e. The molecule has 0 fully saturated rings. The van der Waals surface area contributed by atoms with Gasteiger partial charge in [0.15, 0.2) is 0 Å². The summed E-state index contributed by atoms with van der Waals surface area (Å²) >= 11 is 3.69. The zero-order valence-corrected chi connectivity index (χ0v) is 9.64. The summed E-state index contributed by atoms with van der Waals surface area (Å²) in [7, 11) is 0. The summed E-state index contributed by atoms with van der Waals surface area (Å²) in [5, 5.41) is 24.6. The average Bonchev–Trinajstić information content (AvgIpc) is 2.25. The van der Waals surface area contributed by atoms with Gasteiger partial charge >= 0.3 is 5.97 Å². The lowest BCUT2D eigenvalue weighted by Gasteiger charge is -2.01. The molecule has 0 aromatic rings. The summed E-state index contributed by atoms with van der Waals surface area (Å²) in [5.41, 5.74) is 9.81. The van der Waals surface area contributed by atoms with Crippen molar-refractivity contribution in [1.29, 1.82) is 0 Å². The highest BCUT2D eigenvalue weighted by Gasteiger charge is 2.11. The minimum absolute atomic E-state index is 0.0213. The van der Waals surface area contributed by atoms with Crippen LogP contribution < -0.4 is 11.5 Å². The van der Waals surface area contributed by atoms with Crippen molar-refractivity contribution >= 4 is 24.5 Å². The van der Waals surface area contributed by atoms with E-state index in [0.29, 0.717) is 5.75 Å². The van der Waals surface area contributed by atoms with Crippen LogP contribution in [-0.2, 0) is 9.59 Å². The lowest BCUT2D eigenvalue weighted by atomic mass is 10.2. The number of rotatable bonds is 6. The molecule has 0 bridgehead atoms. The maximum atomic E-state index is 10.1. The summed E-state index contributed by atoms with van der Waals surface area (Å²) in [4.78, 5) is 20.1. The molecule has 7 nitrogen and oxygen atoms in total. The first-order valence-corrected chi connectivity index (χ1v) is 5.14. The van der Waals surface area contributed by atoms with E-state index in [-0.39, 0.29) is 19.4 Å². The molecule has 0 radical (unpaired) electrons. The number of aliphatic carboxylic acids is 1. The van der Waals surface area contributed by atoms with Gasteiger partial charge in [0, 0.05) is 12.2 Å². The second-order valence-electron chi connectivity index (χ2n) is 2.97. The number of primary amides is 1. The Morgan fingerprint density at radius 2 is 1.88 bits per heavy atom. The highest BCUT2D eigenvalue weighted by molar-refractivity contribution is 7.80. The molecule has 2 atom stereocenters. The predicted octanol–water partition coefficient (Wildman–Crippen LogP) is -2.07. The van der Waals surface area contributed by atoms with Crippen molar-refractivity contribution in [2.75, 3.05) is 12.4 Å². The molecule has 8 heteroatoms. The SMILES string of the molecule is NC(=O)CC[C@H](N)C(=O)O.OCC(O)CS. The maximum absolute atomic E-state index is 10.1. The number of carbonyl (C=O) groups excluding carboxylic acids is 1. The van der Waals surface area contributed by atoms with E-state index in [1.54, 1.807) is 0 Å². The van der Waals surface area contributed by atoms with E-state index in [0.717, 1.165) is 0 Å². The highest BCUT2D eigenvalue weighted by Crippen LogP contribution is 1.92. The molecule has 16 heavy (non-hydrogen) atoms. The van der Waals surface area contributed by atoms with Crippen molar-refractivity contribution < 1.29 is 24.9 Å². The van der Waals surface area contributed by atoms with Crippen molar-refractivity contribution in [1.82, 2.24) is 0 Å². The molecular weight excluding hydrogens is 236 g/mol. The standard InChI is InChI=1S/C5H10N2O3.C3H8O2S/c6-3(5(9)10)1-2-4(7)8;4-1-3(5)2-6/h3H,1-2,6H2,(H2,7,8)(H,9,10);3-6H,1-2H2/t3-;/m0./s1. The van der Waals surface area contributed by atoms with Gasteiger partial charge in [0.25, 0.3) is 0 Å². The maximum Gasteiger partial charge on any atom is 0.320 e. The van der Waals surface area contributed by atoms with Crippen molar-refractivity contribution in [2.45, 2.75) is 25.0 Å². The fourth-order valence-corrected chi connectivity index (χ4v) is 0.594. The Morgan fingerprint density at radius 1 is 1.38 bits per heavy atom. The number of carbonyl (C=O) groups is 2. The van der Waals surface area contributed by atoms with Gasteiger partial charge in [-0.15, -0.1) is 0 Å². The Hall–Kier alpha value is -0.830. The van der Waals surface area contributed by atoms with Crippen LogP contribution in [0.1, 0.15) is 12.8 Å². The molecule has 0 saturated carbocycles. The summed E-state index contributed by atoms with van der Waals surface area (Å²) in [5.74, 6) is -1.31. The summed E-state index contributed by atoms with van der Waals surface area (Å²) in [6.07, 6.45) is -0.522. The Balaban J connectivity index is 0. The van der Waals surface area contributed by atoms with Gasteiger partial charge in [-0.25, -0.2) is 0 Å². The van der Waals surface area contributed by atoms with Crippen LogP contribution in [0.15, 0.2) is 0 Å². The molecule has 1 amide bonds. The van der Waals surface area contributed by atoms with Crippen LogP contribution in [0.5, 0.6) is 0 Å². The molecule has 0 heterocycles. The fraction of sp³-hybridized carbons (Fsp3) is 0.750. The van der Waals surface area contributed by atoms with Crippen molar-refractivity contribution in [2.24, 2.45) is 11.5 Å². The molecule has 0 aliphatic heterocycles. The zero-order valence-electron chi connectivity index (χ0n) is 8.74. The molecule has 0 rings (SSSR count). The molecule has 7 N–H and O–H groups in total. The lowest BCUT2D eigenvalue weighted by Crippen LogP contribution is -2.31. The van der Waals surface area contributed by atoms with Crippen LogP contribution in [0.2, 0.25) is 0 Å². The van der Waals surface area contributed by atoms with E-state index in [4.69, 9.17) is 26.8 Å². The number of aliphatic hydroxyl groups is 2. The predicted molar refractivity (Wildman–Crippen MR) is 61.0 cm³/mol. The quantitative estimate of drug-likeness (QED) is 0.300. The first-order valence-electron chi connectivity index (χ1n) is 4.51. The number of hydrogen-bond acceptors (Lipinski definition) is 6. The van der Waals surface area contributed by atoms with E-state index < -0.39 is 24.0 Å². The average molecular weight is 254 g/mol. The zero-order chi connectivity index (χ0) is 13.1. The van der Waals surface area contributed by atoms with Crippen LogP contribution in [0.4, 0.5) is 0 Å². The van der Waals surface area contributed by atoms with Crippen LogP contribution >= 0.6 is 12.6 Å². The van der Waals surface area contributed by atoms with Crippen LogP contribution in [0.25, 0.3) is 0 Å². The van der Waals surface area contributed by atoms with E-state index in [1.165, 1.54) is 0 Å². The number of hydrogen-bond donors (Lipinski definition) is 6. The Labute approximate surface area is 98.8 Å². The molecular formula is C8H18N2O5S. The first kappa shape index (κ1) is 17.6. The van der Waals surface area contributed by atoms with Gasteiger partial charge < -0.3 is 26.8 Å². The molecule has 0 aromatic carbocycles. The number of aliphatic hydroxyl groups excluding tert-OH is 2. The Morgan fingerprint density at radius 3 is 2.06 bits per heavy atom. The van der Waals surface area contributed by atoms with E-state index in [1.807, 2.05) is 0 Å². The van der Waals surface area contributed by atoms with E-state index >= 15 is 0 Å². The topological polar surface area (TPSA) is 147 Å². The Kier molecular flexibility index (Phi) is 11.7. The lowest BCUT2D eigenvalue weighted by molar-refractivity contribution is -0.138. The van der Waals surface area contributed by atoms with Gasteiger partial charge in [0.05, 0.1) is 12.7 Å². The number of amides is 1. The second-order valence-corrected chi connectivity index (χ2v) is 3.33. The largest absolute Gasteiger partial charge is 0.480 e. The summed E-state index contributed by atoms with van der Waals surface area (Å²) in [6, 6.07) is -0.979. The number of carboxylic acid groups (broad SMARTS) is 1. The van der Waals surface area contributed by atoms with Gasteiger partial charge in [-0.2, -0.15) is 12.6 Å². The monoisotopic (exact) mass is 254 g/mol. The first-order chi connectivity index (χ1) is 7.34. The van der Waals surface area contributed by atoms with Gasteiger partial charge in [-0.1, -0.05) is 0 Å². The molecule has 96 valence electrons. The second kappa shape index (κ2) is 10.7. The third-order valence-corrected chi connectivity index (χ3v) is 1.86. The van der Waals surface area contributed by atoms with Crippen LogP contribution in [0, 0.1) is 0 Å². The molecule has 0 aliphatic carbocycles. The molecule has 0 spiro atoms. The number of thiol groups is 1. The van der Waals surface area contributed by atoms with Gasteiger partial charge in [0.2, 0.25) is 5.91 Å². The normalized spacial score (nSPS) is 13.2. The molecule has 0 saturated heterocycles. The van der Waals surface area contributed by atoms with Crippen LogP contribution in [0.3, 0.4) is 0 Å².